The van der Waals surface area contributed by atoms with Crippen LogP contribution in [0.2, 0.25) is 0 Å². The molecule has 0 spiro atoms. The highest BCUT2D eigenvalue weighted by molar-refractivity contribution is 5.23. The predicted octanol–water partition coefficient (Wildman–Crippen LogP) is 3.45. The van der Waals surface area contributed by atoms with Crippen LogP contribution in [0.3, 0.4) is 0 Å². The zero-order chi connectivity index (χ0) is 9.56. The smallest absolute Gasteiger partial charge is 0.112 e. The van der Waals surface area contributed by atoms with Crippen LogP contribution in [0.15, 0.2) is 36.1 Å². The third kappa shape index (κ3) is 5.78. The van der Waals surface area contributed by atoms with Crippen molar-refractivity contribution >= 4 is 0 Å². The number of allylic oxidation sites excluding steroid dienone is 4. The third-order valence-corrected chi connectivity index (χ3v) is 1.21. The van der Waals surface area contributed by atoms with E-state index in [0.717, 1.165) is 11.3 Å². The van der Waals surface area contributed by atoms with Gasteiger partial charge in [-0.05, 0) is 39.3 Å². The van der Waals surface area contributed by atoms with Crippen LogP contribution >= 0.6 is 0 Å². The van der Waals surface area contributed by atoms with Crippen molar-refractivity contribution in [3.63, 3.8) is 0 Å². The molecule has 68 valence electrons. The van der Waals surface area contributed by atoms with Gasteiger partial charge in [0.1, 0.15) is 5.76 Å². The molecule has 0 bridgehead atoms. The molecule has 0 heterocycles. The molecule has 0 atom stereocenters. The highest BCUT2D eigenvalue weighted by atomic mass is 16.5. The Morgan fingerprint density at radius 2 is 2.00 bits per heavy atom. The van der Waals surface area contributed by atoms with Gasteiger partial charge in [-0.15, -0.1) is 0 Å². The summed E-state index contributed by atoms with van der Waals surface area (Å²) in [7, 11) is 0. The fourth-order valence-electron chi connectivity index (χ4n) is 0.902. The van der Waals surface area contributed by atoms with Crippen LogP contribution in [-0.2, 0) is 4.74 Å². The topological polar surface area (TPSA) is 9.23 Å². The predicted molar refractivity (Wildman–Crippen MR) is 53.9 cm³/mol. The van der Waals surface area contributed by atoms with E-state index < -0.39 is 0 Å². The molecule has 0 aromatic heterocycles. The molecule has 0 amide bonds. The second kappa shape index (κ2) is 5.64. The fraction of sp³-hybridized carbons (Fsp3) is 0.455. The molecule has 0 aliphatic carbocycles. The molecule has 0 aromatic rings. The highest BCUT2D eigenvalue weighted by Gasteiger charge is 1.94. The fourth-order valence-corrected chi connectivity index (χ4v) is 0.902. The van der Waals surface area contributed by atoms with E-state index in [4.69, 9.17) is 4.74 Å². The Bertz CT molecular complexity index is 197. The van der Waals surface area contributed by atoms with Crippen LogP contribution in [0.25, 0.3) is 0 Å². The van der Waals surface area contributed by atoms with Gasteiger partial charge in [0.25, 0.3) is 0 Å². The molecule has 1 heteroatoms. The molecule has 0 saturated heterocycles. The first-order valence-electron chi connectivity index (χ1n) is 4.22. The maximum absolute atomic E-state index is 5.36. The second-order valence-corrected chi connectivity index (χ2v) is 3.02. The lowest BCUT2D eigenvalue weighted by Crippen LogP contribution is -1.99. The molecule has 0 unspecified atom stereocenters. The molecule has 0 aliphatic rings. The van der Waals surface area contributed by atoms with Crippen LogP contribution in [0.4, 0.5) is 0 Å². The Hall–Kier alpha value is -0.980. The van der Waals surface area contributed by atoms with Gasteiger partial charge in [-0.1, -0.05) is 18.7 Å². The Morgan fingerprint density at radius 3 is 2.42 bits per heavy atom. The zero-order valence-corrected chi connectivity index (χ0v) is 8.42. The Labute approximate surface area is 75.4 Å². The summed E-state index contributed by atoms with van der Waals surface area (Å²) in [5.74, 6) is 0.723. The van der Waals surface area contributed by atoms with E-state index in [2.05, 4.69) is 6.58 Å². The van der Waals surface area contributed by atoms with Gasteiger partial charge in [0.05, 0.1) is 6.10 Å². The first-order valence-corrected chi connectivity index (χ1v) is 4.22. The molecule has 0 fully saturated rings. The van der Waals surface area contributed by atoms with Gasteiger partial charge in [-0.25, -0.2) is 0 Å². The monoisotopic (exact) mass is 166 g/mol. The summed E-state index contributed by atoms with van der Waals surface area (Å²) >= 11 is 0. The van der Waals surface area contributed by atoms with Gasteiger partial charge in [0.2, 0.25) is 0 Å². The molecule has 1 nitrogen and oxygen atoms in total. The molecule has 0 saturated carbocycles. The van der Waals surface area contributed by atoms with Crippen molar-refractivity contribution in [3.8, 4) is 0 Å². The molecular weight excluding hydrogens is 148 g/mol. The molecule has 0 aliphatic heterocycles. The first kappa shape index (κ1) is 11.0. The third-order valence-electron chi connectivity index (χ3n) is 1.21. The van der Waals surface area contributed by atoms with Crippen LogP contribution < -0.4 is 0 Å². The minimum Gasteiger partial charge on any atom is -0.492 e. The van der Waals surface area contributed by atoms with Crippen molar-refractivity contribution in [2.45, 2.75) is 33.8 Å². The SMILES string of the molecule is C=C(/C=C(C)\C=C/C)OC(C)C. The normalized spacial score (nSPS) is 12.6. The number of ether oxygens (including phenoxy) is 1. The zero-order valence-electron chi connectivity index (χ0n) is 8.42. The summed E-state index contributed by atoms with van der Waals surface area (Å²) in [5, 5.41) is 0. The molecular formula is C11H18O. The van der Waals surface area contributed by atoms with Gasteiger partial charge < -0.3 is 4.74 Å². The minimum absolute atomic E-state index is 0.201. The van der Waals surface area contributed by atoms with Crippen LogP contribution in [-0.4, -0.2) is 6.10 Å². The van der Waals surface area contributed by atoms with Gasteiger partial charge in [0, 0.05) is 0 Å². The minimum atomic E-state index is 0.201. The molecule has 0 aromatic carbocycles. The van der Waals surface area contributed by atoms with Gasteiger partial charge in [0.15, 0.2) is 0 Å². The summed E-state index contributed by atoms with van der Waals surface area (Å²) in [5.41, 5.74) is 1.16. The van der Waals surface area contributed by atoms with E-state index >= 15 is 0 Å². The average Bonchev–Trinajstić information content (AvgIpc) is 1.84. The lowest BCUT2D eigenvalue weighted by atomic mass is 10.2. The standard InChI is InChI=1S/C11H18O/c1-6-7-10(4)8-11(5)12-9(2)3/h6-9H,5H2,1-4H3/b7-6-,10-8-. The summed E-state index contributed by atoms with van der Waals surface area (Å²) in [6.07, 6.45) is 6.15. The Balaban J connectivity index is 4.05. The van der Waals surface area contributed by atoms with E-state index in [9.17, 15) is 0 Å². The van der Waals surface area contributed by atoms with Gasteiger partial charge >= 0.3 is 0 Å². The summed E-state index contributed by atoms with van der Waals surface area (Å²) in [6, 6.07) is 0. The quantitative estimate of drug-likeness (QED) is 0.459. The first-order chi connectivity index (χ1) is 5.56. The number of hydrogen-bond acceptors (Lipinski definition) is 1. The molecule has 0 radical (unpaired) electrons. The second-order valence-electron chi connectivity index (χ2n) is 3.02. The number of hydrogen-bond donors (Lipinski definition) is 0. The maximum atomic E-state index is 5.36. The largest absolute Gasteiger partial charge is 0.492 e. The average molecular weight is 166 g/mol. The Kier molecular flexibility index (Phi) is 5.18. The van der Waals surface area contributed by atoms with Crippen molar-refractivity contribution in [3.05, 3.63) is 36.1 Å². The Morgan fingerprint density at radius 1 is 1.42 bits per heavy atom. The maximum Gasteiger partial charge on any atom is 0.112 e. The lowest BCUT2D eigenvalue weighted by Gasteiger charge is -2.08. The summed E-state index contributed by atoms with van der Waals surface area (Å²) in [6.45, 7) is 11.8. The lowest BCUT2D eigenvalue weighted by molar-refractivity contribution is 0.159. The van der Waals surface area contributed by atoms with Crippen LogP contribution in [0.5, 0.6) is 0 Å². The van der Waals surface area contributed by atoms with Gasteiger partial charge in [-0.2, -0.15) is 0 Å². The van der Waals surface area contributed by atoms with E-state index in [-0.39, 0.29) is 6.10 Å². The summed E-state index contributed by atoms with van der Waals surface area (Å²) in [4.78, 5) is 0. The van der Waals surface area contributed by atoms with Crippen LogP contribution in [0, 0.1) is 0 Å². The molecule has 12 heavy (non-hydrogen) atoms. The van der Waals surface area contributed by atoms with Crippen molar-refractivity contribution in [2.24, 2.45) is 0 Å². The van der Waals surface area contributed by atoms with Crippen molar-refractivity contribution < 1.29 is 4.74 Å². The molecule has 0 N–H and O–H groups in total. The highest BCUT2D eigenvalue weighted by Crippen LogP contribution is 2.05. The van der Waals surface area contributed by atoms with Crippen molar-refractivity contribution in [1.29, 1.82) is 0 Å². The van der Waals surface area contributed by atoms with E-state index in [1.807, 2.05) is 45.9 Å². The summed E-state index contributed by atoms with van der Waals surface area (Å²) < 4.78 is 5.36. The molecule has 0 rings (SSSR count). The van der Waals surface area contributed by atoms with E-state index in [1.54, 1.807) is 0 Å². The van der Waals surface area contributed by atoms with Crippen LogP contribution in [0.1, 0.15) is 27.7 Å². The van der Waals surface area contributed by atoms with Crippen molar-refractivity contribution in [1.82, 2.24) is 0 Å². The van der Waals surface area contributed by atoms with E-state index in [0.29, 0.717) is 0 Å². The van der Waals surface area contributed by atoms with Crippen molar-refractivity contribution in [2.75, 3.05) is 0 Å². The van der Waals surface area contributed by atoms with E-state index in [1.165, 1.54) is 0 Å². The number of rotatable bonds is 4. The van der Waals surface area contributed by atoms with Gasteiger partial charge in [-0.3, -0.25) is 0 Å².